The Labute approximate surface area is 110 Å². The normalized spacial score (nSPS) is 18.3. The summed E-state index contributed by atoms with van der Waals surface area (Å²) in [5.74, 6) is 0.937. The van der Waals surface area contributed by atoms with Crippen molar-refractivity contribution in [3.05, 3.63) is 18.0 Å². The van der Waals surface area contributed by atoms with E-state index in [1.807, 2.05) is 17.9 Å². The van der Waals surface area contributed by atoms with Crippen molar-refractivity contribution < 1.29 is 0 Å². The van der Waals surface area contributed by atoms with Gasteiger partial charge in [0.2, 0.25) is 0 Å². The van der Waals surface area contributed by atoms with Gasteiger partial charge < -0.3 is 10.2 Å². The van der Waals surface area contributed by atoms with Gasteiger partial charge in [-0.05, 0) is 70.4 Å². The molecule has 1 aromatic rings. The first-order chi connectivity index (χ1) is 8.74. The fourth-order valence-electron chi connectivity index (χ4n) is 2.62. The molecule has 0 bridgehead atoms. The molecular formula is C14H26N4. The molecule has 0 aliphatic carbocycles. The second-order valence-corrected chi connectivity index (χ2v) is 5.56. The van der Waals surface area contributed by atoms with E-state index in [0.29, 0.717) is 0 Å². The molecule has 1 aliphatic heterocycles. The second-order valence-electron chi connectivity index (χ2n) is 5.56. The first kappa shape index (κ1) is 13.6. The van der Waals surface area contributed by atoms with Gasteiger partial charge in [0.1, 0.15) is 0 Å². The number of nitrogens with zero attached hydrogens (tertiary/aromatic N) is 3. The largest absolute Gasteiger partial charge is 0.316 e. The van der Waals surface area contributed by atoms with Crippen molar-refractivity contribution in [2.75, 3.05) is 33.2 Å². The summed E-state index contributed by atoms with van der Waals surface area (Å²) in [6.45, 7) is 4.79. The number of aromatic nitrogens is 2. The van der Waals surface area contributed by atoms with E-state index >= 15 is 0 Å². The van der Waals surface area contributed by atoms with Crippen LogP contribution in [0.25, 0.3) is 0 Å². The van der Waals surface area contributed by atoms with Crippen molar-refractivity contribution in [1.82, 2.24) is 20.0 Å². The molecule has 0 aromatic carbocycles. The minimum absolute atomic E-state index is 0.937. The van der Waals surface area contributed by atoms with Crippen molar-refractivity contribution in [1.29, 1.82) is 0 Å². The standard InChI is InChI=1S/C14H26N4/c1-17-9-5-13(6-10-17)3-7-15-8-4-14-11-16-18(2)12-14/h11-13,15H,3-10H2,1-2H3. The Kier molecular flexibility index (Phi) is 5.20. The number of aryl methyl sites for hydroxylation is 1. The van der Waals surface area contributed by atoms with E-state index in [2.05, 4.69) is 28.6 Å². The number of hydrogen-bond donors (Lipinski definition) is 1. The molecule has 4 heteroatoms. The summed E-state index contributed by atoms with van der Waals surface area (Å²) in [4.78, 5) is 2.44. The fourth-order valence-corrected chi connectivity index (χ4v) is 2.62. The lowest BCUT2D eigenvalue weighted by molar-refractivity contribution is 0.212. The maximum absolute atomic E-state index is 4.18. The summed E-state index contributed by atoms with van der Waals surface area (Å²) in [6.07, 6.45) is 9.22. The van der Waals surface area contributed by atoms with Crippen molar-refractivity contribution in [2.24, 2.45) is 13.0 Å². The molecule has 0 amide bonds. The van der Waals surface area contributed by atoms with Crippen LogP contribution in [-0.4, -0.2) is 47.9 Å². The molecule has 0 radical (unpaired) electrons. The predicted molar refractivity (Wildman–Crippen MR) is 74.6 cm³/mol. The molecule has 102 valence electrons. The van der Waals surface area contributed by atoms with Crippen LogP contribution in [0.3, 0.4) is 0 Å². The summed E-state index contributed by atoms with van der Waals surface area (Å²) in [5, 5.41) is 7.73. The zero-order chi connectivity index (χ0) is 12.8. The van der Waals surface area contributed by atoms with Gasteiger partial charge in [-0.1, -0.05) is 0 Å². The van der Waals surface area contributed by atoms with Gasteiger partial charge in [-0.15, -0.1) is 0 Å². The third-order valence-corrected chi connectivity index (χ3v) is 3.92. The van der Waals surface area contributed by atoms with E-state index in [1.54, 1.807) is 0 Å². The van der Waals surface area contributed by atoms with E-state index in [-0.39, 0.29) is 0 Å². The maximum Gasteiger partial charge on any atom is 0.0522 e. The van der Waals surface area contributed by atoms with Gasteiger partial charge in [0.15, 0.2) is 0 Å². The lowest BCUT2D eigenvalue weighted by atomic mass is 9.94. The van der Waals surface area contributed by atoms with Crippen molar-refractivity contribution in [3.63, 3.8) is 0 Å². The van der Waals surface area contributed by atoms with Crippen LogP contribution < -0.4 is 5.32 Å². The number of likely N-dealkylation sites (tertiary alicyclic amines) is 1. The Hall–Kier alpha value is -0.870. The van der Waals surface area contributed by atoms with Crippen LogP contribution in [0.2, 0.25) is 0 Å². The Morgan fingerprint density at radius 3 is 2.72 bits per heavy atom. The Morgan fingerprint density at radius 2 is 2.06 bits per heavy atom. The van der Waals surface area contributed by atoms with Crippen LogP contribution in [-0.2, 0) is 13.5 Å². The number of nitrogens with one attached hydrogen (secondary N) is 1. The third kappa shape index (κ3) is 4.42. The van der Waals surface area contributed by atoms with E-state index in [4.69, 9.17) is 0 Å². The van der Waals surface area contributed by atoms with Crippen LogP contribution in [0.4, 0.5) is 0 Å². The van der Waals surface area contributed by atoms with Crippen molar-refractivity contribution >= 4 is 0 Å². The quantitative estimate of drug-likeness (QED) is 0.772. The first-order valence-electron chi connectivity index (χ1n) is 7.11. The van der Waals surface area contributed by atoms with Crippen LogP contribution in [0.15, 0.2) is 12.4 Å². The molecule has 2 heterocycles. The highest BCUT2D eigenvalue weighted by Crippen LogP contribution is 2.18. The highest BCUT2D eigenvalue weighted by atomic mass is 15.2. The maximum atomic E-state index is 4.18. The summed E-state index contributed by atoms with van der Waals surface area (Å²) >= 11 is 0. The van der Waals surface area contributed by atoms with E-state index < -0.39 is 0 Å². The summed E-state index contributed by atoms with van der Waals surface area (Å²) < 4.78 is 1.87. The molecule has 4 nitrogen and oxygen atoms in total. The highest BCUT2D eigenvalue weighted by molar-refractivity contribution is 5.03. The highest BCUT2D eigenvalue weighted by Gasteiger charge is 2.15. The van der Waals surface area contributed by atoms with Crippen molar-refractivity contribution in [3.8, 4) is 0 Å². The van der Waals surface area contributed by atoms with Gasteiger partial charge in [0, 0.05) is 13.2 Å². The lowest BCUT2D eigenvalue weighted by Gasteiger charge is -2.28. The van der Waals surface area contributed by atoms with Gasteiger partial charge in [-0.25, -0.2) is 0 Å². The zero-order valence-electron chi connectivity index (χ0n) is 11.7. The Morgan fingerprint density at radius 1 is 1.28 bits per heavy atom. The van der Waals surface area contributed by atoms with E-state index in [1.165, 1.54) is 37.9 Å². The molecule has 1 aromatic heterocycles. The molecule has 1 saturated heterocycles. The minimum atomic E-state index is 0.937. The minimum Gasteiger partial charge on any atom is -0.316 e. The third-order valence-electron chi connectivity index (χ3n) is 3.92. The Bertz CT molecular complexity index is 339. The second kappa shape index (κ2) is 6.90. The van der Waals surface area contributed by atoms with Gasteiger partial charge in [-0.3, -0.25) is 4.68 Å². The average molecular weight is 250 g/mol. The summed E-state index contributed by atoms with van der Waals surface area (Å²) in [6, 6.07) is 0. The number of hydrogen-bond acceptors (Lipinski definition) is 3. The molecule has 1 N–H and O–H groups in total. The molecule has 1 aliphatic rings. The van der Waals surface area contributed by atoms with Gasteiger partial charge in [0.05, 0.1) is 6.20 Å². The smallest absolute Gasteiger partial charge is 0.0522 e. The van der Waals surface area contributed by atoms with Gasteiger partial charge in [0.25, 0.3) is 0 Å². The predicted octanol–water partition coefficient (Wildman–Crippen LogP) is 1.28. The zero-order valence-corrected chi connectivity index (χ0v) is 11.7. The number of rotatable bonds is 6. The molecular weight excluding hydrogens is 224 g/mol. The van der Waals surface area contributed by atoms with E-state index in [9.17, 15) is 0 Å². The topological polar surface area (TPSA) is 33.1 Å². The summed E-state index contributed by atoms with van der Waals surface area (Å²) in [7, 11) is 4.19. The molecule has 1 fully saturated rings. The van der Waals surface area contributed by atoms with Crippen LogP contribution in [0, 0.1) is 5.92 Å². The van der Waals surface area contributed by atoms with Crippen LogP contribution in [0.5, 0.6) is 0 Å². The molecule has 0 unspecified atom stereocenters. The van der Waals surface area contributed by atoms with Gasteiger partial charge >= 0.3 is 0 Å². The average Bonchev–Trinajstić information content (AvgIpc) is 2.77. The molecule has 2 rings (SSSR count). The molecule has 0 atom stereocenters. The Balaban J connectivity index is 1.51. The van der Waals surface area contributed by atoms with Gasteiger partial charge in [-0.2, -0.15) is 5.10 Å². The molecule has 18 heavy (non-hydrogen) atoms. The molecule has 0 saturated carbocycles. The fraction of sp³-hybridized carbons (Fsp3) is 0.786. The first-order valence-corrected chi connectivity index (χ1v) is 7.11. The summed E-state index contributed by atoms with van der Waals surface area (Å²) in [5.41, 5.74) is 1.32. The van der Waals surface area contributed by atoms with Crippen LogP contribution >= 0.6 is 0 Å². The monoisotopic (exact) mass is 250 g/mol. The van der Waals surface area contributed by atoms with E-state index in [0.717, 1.165) is 25.4 Å². The SMILES string of the molecule is CN1CCC(CCNCCc2cnn(C)c2)CC1. The molecule has 0 spiro atoms. The van der Waals surface area contributed by atoms with Crippen molar-refractivity contribution in [2.45, 2.75) is 25.7 Å². The van der Waals surface area contributed by atoms with Crippen LogP contribution in [0.1, 0.15) is 24.8 Å². The lowest BCUT2D eigenvalue weighted by Crippen LogP contribution is -2.31. The number of piperidine rings is 1.